The Labute approximate surface area is 118 Å². The van der Waals surface area contributed by atoms with Crippen molar-refractivity contribution in [2.75, 3.05) is 6.61 Å². The summed E-state index contributed by atoms with van der Waals surface area (Å²) in [6.45, 7) is 0.718. The third-order valence-corrected chi connectivity index (χ3v) is 3.79. The first-order valence-corrected chi connectivity index (χ1v) is 6.84. The Morgan fingerprint density at radius 2 is 1.65 bits per heavy atom. The van der Waals surface area contributed by atoms with E-state index in [-0.39, 0.29) is 18.6 Å². The van der Waals surface area contributed by atoms with Crippen molar-refractivity contribution in [1.29, 1.82) is 0 Å². The van der Waals surface area contributed by atoms with E-state index in [4.69, 9.17) is 9.84 Å². The van der Waals surface area contributed by atoms with Gasteiger partial charge in [0, 0.05) is 5.92 Å². The van der Waals surface area contributed by atoms with E-state index in [2.05, 4.69) is 0 Å². The van der Waals surface area contributed by atoms with Gasteiger partial charge < -0.3 is 14.9 Å². The van der Waals surface area contributed by atoms with Crippen LogP contribution in [0.25, 0.3) is 0 Å². The molecule has 0 saturated carbocycles. The van der Waals surface area contributed by atoms with Crippen molar-refractivity contribution in [3.05, 3.63) is 71.3 Å². The Kier molecular flexibility index (Phi) is 3.83. The van der Waals surface area contributed by atoms with Gasteiger partial charge in [0.1, 0.15) is 0 Å². The molecular formula is C17H18O3. The summed E-state index contributed by atoms with van der Waals surface area (Å²) >= 11 is 0. The molecule has 2 N–H and O–H groups in total. The summed E-state index contributed by atoms with van der Waals surface area (Å²) in [6.07, 6.45) is -0.512. The average Bonchev–Trinajstić information content (AvgIpc) is 3.33. The molecule has 0 spiro atoms. The smallest absolute Gasteiger partial charge is 0.0906 e. The van der Waals surface area contributed by atoms with Gasteiger partial charge in [0.15, 0.2) is 0 Å². The minimum absolute atomic E-state index is 0.0181. The van der Waals surface area contributed by atoms with Crippen molar-refractivity contribution in [2.45, 2.75) is 24.7 Å². The minimum Gasteiger partial charge on any atom is -0.392 e. The number of benzene rings is 2. The lowest BCUT2D eigenvalue weighted by Gasteiger charge is -2.22. The van der Waals surface area contributed by atoms with Crippen LogP contribution in [0, 0.1) is 0 Å². The second-order valence-corrected chi connectivity index (χ2v) is 5.15. The normalized spacial score (nSPS) is 20.4. The summed E-state index contributed by atoms with van der Waals surface area (Å²) in [4.78, 5) is 0. The summed E-state index contributed by atoms with van der Waals surface area (Å²) in [5.41, 5.74) is 2.79. The maximum absolute atomic E-state index is 10.7. The maximum atomic E-state index is 10.7. The lowest BCUT2D eigenvalue weighted by Crippen LogP contribution is -2.16. The van der Waals surface area contributed by atoms with Gasteiger partial charge in [-0.15, -0.1) is 0 Å². The molecule has 0 amide bonds. The van der Waals surface area contributed by atoms with Crippen LogP contribution in [-0.2, 0) is 11.3 Å². The summed E-state index contributed by atoms with van der Waals surface area (Å²) in [6, 6.07) is 17.4. The molecule has 3 atom stereocenters. The third-order valence-electron chi connectivity index (χ3n) is 3.79. The van der Waals surface area contributed by atoms with Crippen LogP contribution in [0.15, 0.2) is 54.6 Å². The predicted molar refractivity (Wildman–Crippen MR) is 76.2 cm³/mol. The van der Waals surface area contributed by atoms with Gasteiger partial charge in [-0.1, -0.05) is 54.6 Å². The molecule has 104 valence electrons. The number of rotatable bonds is 5. The van der Waals surface area contributed by atoms with Gasteiger partial charge in [-0.25, -0.2) is 0 Å². The molecule has 20 heavy (non-hydrogen) atoms. The highest BCUT2D eigenvalue weighted by Crippen LogP contribution is 2.39. The van der Waals surface area contributed by atoms with Crippen molar-refractivity contribution in [3.63, 3.8) is 0 Å². The molecule has 0 bridgehead atoms. The fourth-order valence-corrected chi connectivity index (χ4v) is 2.57. The van der Waals surface area contributed by atoms with Crippen molar-refractivity contribution in [1.82, 2.24) is 0 Å². The largest absolute Gasteiger partial charge is 0.392 e. The van der Waals surface area contributed by atoms with Crippen molar-refractivity contribution in [2.24, 2.45) is 0 Å². The molecule has 3 heteroatoms. The molecule has 2 aromatic rings. The van der Waals surface area contributed by atoms with Gasteiger partial charge >= 0.3 is 0 Å². The monoisotopic (exact) mass is 270 g/mol. The van der Waals surface area contributed by atoms with Crippen LogP contribution in [0.4, 0.5) is 0 Å². The zero-order chi connectivity index (χ0) is 13.9. The van der Waals surface area contributed by atoms with Crippen LogP contribution < -0.4 is 0 Å². The van der Waals surface area contributed by atoms with Gasteiger partial charge in [-0.3, -0.25) is 0 Å². The Morgan fingerprint density at radius 1 is 1.00 bits per heavy atom. The second kappa shape index (κ2) is 5.75. The number of aliphatic hydroxyl groups excluding tert-OH is 2. The van der Waals surface area contributed by atoms with Crippen LogP contribution in [0.1, 0.15) is 28.7 Å². The van der Waals surface area contributed by atoms with Gasteiger partial charge in [0.05, 0.1) is 25.4 Å². The number of hydrogen-bond acceptors (Lipinski definition) is 3. The van der Waals surface area contributed by atoms with Gasteiger partial charge in [0.25, 0.3) is 0 Å². The van der Waals surface area contributed by atoms with Crippen LogP contribution in [0.2, 0.25) is 0 Å². The van der Waals surface area contributed by atoms with Gasteiger partial charge in [-0.05, 0) is 16.7 Å². The van der Waals surface area contributed by atoms with E-state index in [9.17, 15) is 5.11 Å². The number of aliphatic hydroxyl groups is 2. The van der Waals surface area contributed by atoms with E-state index in [1.807, 2.05) is 54.6 Å². The van der Waals surface area contributed by atoms with Gasteiger partial charge in [-0.2, -0.15) is 0 Å². The standard InChI is InChI=1S/C17H18O3/c18-10-12-6-8-14(9-7-12)17(19)16(15-11-20-15)13-4-2-1-3-5-13/h1-9,15-19H,10-11H2/t15-,16+,17+/m1/s1. The van der Waals surface area contributed by atoms with E-state index >= 15 is 0 Å². The van der Waals surface area contributed by atoms with E-state index in [1.165, 1.54) is 0 Å². The third kappa shape index (κ3) is 2.75. The van der Waals surface area contributed by atoms with Crippen LogP contribution in [-0.4, -0.2) is 22.9 Å². The van der Waals surface area contributed by atoms with Crippen molar-refractivity contribution in [3.8, 4) is 0 Å². The fraction of sp³-hybridized carbons (Fsp3) is 0.294. The minimum atomic E-state index is -0.599. The molecule has 0 aromatic heterocycles. The molecule has 0 radical (unpaired) electrons. The zero-order valence-electron chi connectivity index (χ0n) is 11.1. The maximum Gasteiger partial charge on any atom is 0.0906 e. The Hall–Kier alpha value is -1.68. The first-order valence-electron chi connectivity index (χ1n) is 6.84. The zero-order valence-corrected chi connectivity index (χ0v) is 11.1. The molecule has 0 aliphatic carbocycles. The molecule has 1 aliphatic heterocycles. The molecule has 3 rings (SSSR count). The SMILES string of the molecule is OCc1ccc([C@H](O)[C@@H](c2ccccc2)[C@H]2CO2)cc1. The summed E-state index contributed by atoms with van der Waals surface area (Å²) in [5, 5.41) is 19.7. The van der Waals surface area contributed by atoms with Crippen LogP contribution in [0.3, 0.4) is 0 Å². The summed E-state index contributed by atoms with van der Waals surface area (Å²) < 4.78 is 5.41. The Bertz CT molecular complexity index is 546. The average molecular weight is 270 g/mol. The van der Waals surface area contributed by atoms with E-state index in [0.717, 1.165) is 16.7 Å². The highest BCUT2D eigenvalue weighted by Gasteiger charge is 2.39. The lowest BCUT2D eigenvalue weighted by molar-refractivity contribution is 0.128. The lowest BCUT2D eigenvalue weighted by atomic mass is 9.86. The quantitative estimate of drug-likeness (QED) is 0.820. The fourth-order valence-electron chi connectivity index (χ4n) is 2.57. The van der Waals surface area contributed by atoms with Crippen LogP contribution >= 0.6 is 0 Å². The molecule has 1 aliphatic rings. The topological polar surface area (TPSA) is 53.0 Å². The predicted octanol–water partition coefficient (Wildman–Crippen LogP) is 2.39. The van der Waals surface area contributed by atoms with E-state index in [0.29, 0.717) is 6.61 Å². The highest BCUT2D eigenvalue weighted by atomic mass is 16.6. The van der Waals surface area contributed by atoms with E-state index in [1.54, 1.807) is 0 Å². The molecule has 1 heterocycles. The first-order chi connectivity index (χ1) is 9.79. The highest BCUT2D eigenvalue weighted by molar-refractivity contribution is 5.30. The Morgan fingerprint density at radius 3 is 2.20 bits per heavy atom. The molecule has 1 saturated heterocycles. The van der Waals surface area contributed by atoms with E-state index < -0.39 is 6.10 Å². The van der Waals surface area contributed by atoms with Crippen molar-refractivity contribution < 1.29 is 14.9 Å². The van der Waals surface area contributed by atoms with Gasteiger partial charge in [0.2, 0.25) is 0 Å². The number of ether oxygens (including phenoxy) is 1. The first kappa shape index (κ1) is 13.3. The van der Waals surface area contributed by atoms with Crippen LogP contribution in [0.5, 0.6) is 0 Å². The second-order valence-electron chi connectivity index (χ2n) is 5.15. The molecule has 2 aromatic carbocycles. The number of epoxide rings is 1. The molecule has 1 fully saturated rings. The molecule has 0 unspecified atom stereocenters. The number of hydrogen-bond donors (Lipinski definition) is 2. The Balaban J connectivity index is 1.87. The molecule has 3 nitrogen and oxygen atoms in total. The van der Waals surface area contributed by atoms with Crippen molar-refractivity contribution >= 4 is 0 Å². The summed E-state index contributed by atoms with van der Waals surface area (Å²) in [7, 11) is 0. The summed E-state index contributed by atoms with van der Waals surface area (Å²) in [5.74, 6) is -0.0452. The molecular weight excluding hydrogens is 252 g/mol.